The summed E-state index contributed by atoms with van der Waals surface area (Å²) in [5, 5.41) is 19.6. The molecule has 0 unspecified atom stereocenters. The van der Waals surface area contributed by atoms with Gasteiger partial charge in [-0.2, -0.15) is 0 Å². The van der Waals surface area contributed by atoms with Crippen LogP contribution in [-0.2, 0) is 0 Å². The second-order valence-corrected chi connectivity index (χ2v) is 2.85. The highest BCUT2D eigenvalue weighted by atomic mass is 35.5. The maximum atomic E-state index is 10.5. The smallest absolute Gasteiger partial charge is 0.311 e. The molecule has 0 radical (unpaired) electrons. The third-order valence-electron chi connectivity index (χ3n) is 1.88. The van der Waals surface area contributed by atoms with Crippen LogP contribution in [0.4, 0.5) is 5.69 Å². The lowest BCUT2D eigenvalue weighted by molar-refractivity contribution is -0.385. The van der Waals surface area contributed by atoms with Crippen LogP contribution in [0, 0.1) is 10.1 Å². The van der Waals surface area contributed by atoms with Crippen molar-refractivity contribution in [3.63, 3.8) is 0 Å². The Kier molecular flexibility index (Phi) is 4.99. The molecule has 1 aromatic carbocycles. The van der Waals surface area contributed by atoms with E-state index in [1.54, 1.807) is 0 Å². The van der Waals surface area contributed by atoms with Crippen LogP contribution in [0.3, 0.4) is 0 Å². The molecule has 0 amide bonds. The highest BCUT2D eigenvalue weighted by Crippen LogP contribution is 2.27. The number of nitro groups is 1. The summed E-state index contributed by atoms with van der Waals surface area (Å²) in [6.07, 6.45) is 0. The number of phenolic OH excluding ortho intramolecular Hbond substituents is 1. The average Bonchev–Trinajstić information content (AvgIpc) is 2.17. The lowest BCUT2D eigenvalue weighted by atomic mass is 10.1. The van der Waals surface area contributed by atoms with Crippen LogP contribution in [0.25, 0.3) is 0 Å². The van der Waals surface area contributed by atoms with Crippen molar-refractivity contribution in [2.24, 2.45) is 11.5 Å². The topological polar surface area (TPSA) is 115 Å². The van der Waals surface area contributed by atoms with Gasteiger partial charge in [0, 0.05) is 18.7 Å². The minimum Gasteiger partial charge on any atom is -0.502 e. The van der Waals surface area contributed by atoms with Gasteiger partial charge in [0.1, 0.15) is 0 Å². The number of hydrogen-bond donors (Lipinski definition) is 3. The van der Waals surface area contributed by atoms with E-state index < -0.39 is 11.0 Å². The SMILES string of the molecule is Cl.NC[C@@H](N)c1ccc(O)c([N+](=O)[O-])c1. The predicted molar refractivity (Wildman–Crippen MR) is 58.0 cm³/mol. The maximum absolute atomic E-state index is 10.5. The summed E-state index contributed by atoms with van der Waals surface area (Å²) in [6.45, 7) is 0.196. The van der Waals surface area contributed by atoms with Gasteiger partial charge in [-0.3, -0.25) is 10.1 Å². The minimum absolute atomic E-state index is 0. The van der Waals surface area contributed by atoms with Crippen LogP contribution < -0.4 is 11.5 Å². The lowest BCUT2D eigenvalue weighted by Crippen LogP contribution is -2.20. The molecule has 0 heterocycles. The highest BCUT2D eigenvalue weighted by molar-refractivity contribution is 5.85. The molecular weight excluding hydrogens is 222 g/mol. The summed E-state index contributed by atoms with van der Waals surface area (Å²) in [6, 6.07) is 3.53. The molecule has 0 aliphatic heterocycles. The van der Waals surface area contributed by atoms with Crippen LogP contribution in [0.2, 0.25) is 0 Å². The van der Waals surface area contributed by atoms with E-state index in [2.05, 4.69) is 0 Å². The normalized spacial score (nSPS) is 11.6. The van der Waals surface area contributed by atoms with Crippen LogP contribution >= 0.6 is 12.4 Å². The number of halogens is 1. The first kappa shape index (κ1) is 13.6. The van der Waals surface area contributed by atoms with E-state index in [1.807, 2.05) is 0 Å². The Morgan fingerprint density at radius 2 is 2.13 bits per heavy atom. The third-order valence-corrected chi connectivity index (χ3v) is 1.88. The number of rotatable bonds is 3. The molecular formula is C8H12ClN3O3. The van der Waals surface area contributed by atoms with Crippen molar-refractivity contribution < 1.29 is 10.0 Å². The first-order chi connectivity index (χ1) is 6.56. The van der Waals surface area contributed by atoms with Crippen LogP contribution in [0.5, 0.6) is 5.75 Å². The third kappa shape index (κ3) is 3.05. The molecule has 0 bridgehead atoms. The fourth-order valence-electron chi connectivity index (χ4n) is 1.05. The molecule has 5 N–H and O–H groups in total. The second-order valence-electron chi connectivity index (χ2n) is 2.85. The van der Waals surface area contributed by atoms with Crippen molar-refractivity contribution in [3.05, 3.63) is 33.9 Å². The fraction of sp³-hybridized carbons (Fsp3) is 0.250. The Hall–Kier alpha value is -1.37. The zero-order chi connectivity index (χ0) is 10.7. The highest BCUT2D eigenvalue weighted by Gasteiger charge is 2.15. The van der Waals surface area contributed by atoms with Crippen molar-refractivity contribution in [1.82, 2.24) is 0 Å². The minimum atomic E-state index is -0.665. The molecule has 0 aliphatic carbocycles. The van der Waals surface area contributed by atoms with Crippen molar-refractivity contribution in [2.75, 3.05) is 6.54 Å². The molecule has 0 aliphatic rings. The quantitative estimate of drug-likeness (QED) is 0.525. The van der Waals surface area contributed by atoms with Crippen LogP contribution in [-0.4, -0.2) is 16.6 Å². The molecule has 84 valence electrons. The van der Waals surface area contributed by atoms with Gasteiger partial charge in [0.05, 0.1) is 4.92 Å². The van der Waals surface area contributed by atoms with Gasteiger partial charge in [0.25, 0.3) is 0 Å². The Morgan fingerprint density at radius 1 is 1.53 bits per heavy atom. The van der Waals surface area contributed by atoms with E-state index in [1.165, 1.54) is 18.2 Å². The first-order valence-electron chi connectivity index (χ1n) is 3.99. The Bertz CT molecular complexity index is 359. The van der Waals surface area contributed by atoms with E-state index in [9.17, 15) is 10.1 Å². The molecule has 1 atom stereocenters. The van der Waals surface area contributed by atoms with E-state index in [0.717, 1.165) is 0 Å². The van der Waals surface area contributed by atoms with E-state index in [4.69, 9.17) is 16.6 Å². The summed E-state index contributed by atoms with van der Waals surface area (Å²) in [4.78, 5) is 9.79. The van der Waals surface area contributed by atoms with Gasteiger partial charge in [-0.15, -0.1) is 12.4 Å². The summed E-state index contributed by atoms with van der Waals surface area (Å²) in [5.74, 6) is -0.372. The van der Waals surface area contributed by atoms with Crippen molar-refractivity contribution >= 4 is 18.1 Å². The Balaban J connectivity index is 0.00000196. The monoisotopic (exact) mass is 233 g/mol. The Morgan fingerprint density at radius 3 is 2.60 bits per heavy atom. The molecule has 0 saturated carbocycles. The van der Waals surface area contributed by atoms with Crippen molar-refractivity contribution in [1.29, 1.82) is 0 Å². The summed E-state index contributed by atoms with van der Waals surface area (Å²) >= 11 is 0. The summed E-state index contributed by atoms with van der Waals surface area (Å²) in [5.41, 5.74) is 11.1. The number of nitro benzene ring substituents is 1. The number of nitrogens with zero attached hydrogens (tertiary/aromatic N) is 1. The van der Waals surface area contributed by atoms with E-state index in [0.29, 0.717) is 5.56 Å². The van der Waals surface area contributed by atoms with Crippen molar-refractivity contribution in [2.45, 2.75) is 6.04 Å². The van der Waals surface area contributed by atoms with Crippen LogP contribution in [0.15, 0.2) is 18.2 Å². The molecule has 1 rings (SSSR count). The standard InChI is InChI=1S/C8H11N3O3.ClH/c9-4-6(10)5-1-2-8(12)7(3-5)11(13)14;/h1-3,6,12H,4,9-10H2;1H/t6-;/m1./s1. The van der Waals surface area contributed by atoms with Gasteiger partial charge in [-0.1, -0.05) is 6.07 Å². The van der Waals surface area contributed by atoms with E-state index >= 15 is 0 Å². The van der Waals surface area contributed by atoms with Gasteiger partial charge in [-0.25, -0.2) is 0 Å². The molecule has 6 nitrogen and oxygen atoms in total. The molecule has 1 aromatic rings. The largest absolute Gasteiger partial charge is 0.502 e. The van der Waals surface area contributed by atoms with Gasteiger partial charge >= 0.3 is 5.69 Å². The number of benzene rings is 1. The zero-order valence-corrected chi connectivity index (χ0v) is 8.61. The average molecular weight is 234 g/mol. The summed E-state index contributed by atoms with van der Waals surface area (Å²) in [7, 11) is 0. The fourth-order valence-corrected chi connectivity index (χ4v) is 1.05. The van der Waals surface area contributed by atoms with Gasteiger partial charge < -0.3 is 16.6 Å². The van der Waals surface area contributed by atoms with Gasteiger partial charge in [-0.05, 0) is 11.6 Å². The lowest BCUT2D eigenvalue weighted by Gasteiger charge is -2.08. The predicted octanol–water partition coefficient (Wildman–Crippen LogP) is 0.681. The van der Waals surface area contributed by atoms with Crippen molar-refractivity contribution in [3.8, 4) is 5.75 Å². The molecule has 0 aromatic heterocycles. The van der Waals surface area contributed by atoms with Crippen LogP contribution in [0.1, 0.15) is 11.6 Å². The molecule has 0 fully saturated rings. The maximum Gasteiger partial charge on any atom is 0.311 e. The van der Waals surface area contributed by atoms with Gasteiger partial charge in [0.2, 0.25) is 0 Å². The Labute approximate surface area is 92.4 Å². The second kappa shape index (κ2) is 5.50. The number of nitrogens with two attached hydrogens (primary N) is 2. The first-order valence-corrected chi connectivity index (χ1v) is 3.99. The zero-order valence-electron chi connectivity index (χ0n) is 7.79. The van der Waals surface area contributed by atoms with E-state index in [-0.39, 0.29) is 30.4 Å². The molecule has 7 heteroatoms. The number of aromatic hydroxyl groups is 1. The molecule has 0 spiro atoms. The number of phenols is 1. The number of hydrogen-bond acceptors (Lipinski definition) is 5. The van der Waals surface area contributed by atoms with Gasteiger partial charge in [0.15, 0.2) is 5.75 Å². The molecule has 0 saturated heterocycles. The molecule has 15 heavy (non-hydrogen) atoms. The summed E-state index contributed by atoms with van der Waals surface area (Å²) < 4.78 is 0.